The van der Waals surface area contributed by atoms with Crippen molar-refractivity contribution in [2.45, 2.75) is 18.8 Å². The van der Waals surface area contributed by atoms with Crippen LogP contribution in [0.4, 0.5) is 30.2 Å². The zero-order chi connectivity index (χ0) is 32.9. The zero-order valence-electron chi connectivity index (χ0n) is 25.1. The SMILES string of the molecule is N#CC1=CC=C(C(=O)N(c2ccc([C@@H]3CNCCO3)cc2F)c2ccc([C@H]3CNCCO3)cc2Cl)N(c2ccc(OC(F)F)cc2)C1. The van der Waals surface area contributed by atoms with Gasteiger partial charge in [-0.15, -0.1) is 0 Å². The Morgan fingerprint density at radius 3 is 2.15 bits per heavy atom. The molecule has 3 aromatic carbocycles. The Bertz CT molecular complexity index is 1650. The number of hydrogen-bond acceptors (Lipinski definition) is 8. The first-order chi connectivity index (χ1) is 22.8. The number of ether oxygens (including phenoxy) is 3. The number of nitrogens with one attached hydrogen (secondary N) is 2. The number of benzene rings is 3. The Morgan fingerprint density at radius 2 is 1.60 bits per heavy atom. The maximum atomic E-state index is 16.2. The molecule has 2 saturated heterocycles. The summed E-state index contributed by atoms with van der Waals surface area (Å²) in [5.41, 5.74) is 2.44. The topological polar surface area (TPSA) is 99.1 Å². The number of amides is 1. The number of hydrogen-bond donors (Lipinski definition) is 2. The molecular formula is C34H31ClF3N5O4. The van der Waals surface area contributed by atoms with Crippen LogP contribution in [-0.2, 0) is 14.3 Å². The molecule has 0 aliphatic carbocycles. The minimum absolute atomic E-state index is 0.00307. The van der Waals surface area contributed by atoms with Crippen LogP contribution >= 0.6 is 11.6 Å². The molecule has 2 atom stereocenters. The fourth-order valence-corrected chi connectivity index (χ4v) is 5.98. The van der Waals surface area contributed by atoms with Crippen LogP contribution in [0.5, 0.6) is 5.75 Å². The molecule has 6 rings (SSSR count). The number of alkyl halides is 2. The largest absolute Gasteiger partial charge is 0.435 e. The van der Waals surface area contributed by atoms with Crippen molar-refractivity contribution in [3.63, 3.8) is 0 Å². The van der Waals surface area contributed by atoms with Crippen molar-refractivity contribution in [2.24, 2.45) is 0 Å². The lowest BCUT2D eigenvalue weighted by atomic mass is 10.0. The summed E-state index contributed by atoms with van der Waals surface area (Å²) in [4.78, 5) is 17.4. The van der Waals surface area contributed by atoms with Crippen LogP contribution in [0.1, 0.15) is 23.3 Å². The Balaban J connectivity index is 1.41. The van der Waals surface area contributed by atoms with Crippen LogP contribution in [0.15, 0.2) is 84.1 Å². The smallest absolute Gasteiger partial charge is 0.387 e. The molecule has 0 unspecified atom stereocenters. The molecule has 13 heteroatoms. The summed E-state index contributed by atoms with van der Waals surface area (Å²) < 4.78 is 57.9. The van der Waals surface area contributed by atoms with E-state index in [4.69, 9.17) is 21.1 Å². The van der Waals surface area contributed by atoms with Gasteiger partial charge in [0.05, 0.1) is 54.4 Å². The number of nitriles is 1. The van der Waals surface area contributed by atoms with Gasteiger partial charge in [-0.2, -0.15) is 14.0 Å². The van der Waals surface area contributed by atoms with E-state index in [9.17, 15) is 18.8 Å². The third-order valence-corrected chi connectivity index (χ3v) is 8.33. The van der Waals surface area contributed by atoms with Crippen LogP contribution < -0.4 is 25.2 Å². The molecule has 0 radical (unpaired) electrons. The molecule has 0 bridgehead atoms. The van der Waals surface area contributed by atoms with E-state index >= 15 is 4.39 Å². The van der Waals surface area contributed by atoms with E-state index in [2.05, 4.69) is 21.4 Å². The molecule has 3 aromatic rings. The van der Waals surface area contributed by atoms with Crippen LogP contribution in [0.25, 0.3) is 0 Å². The molecule has 0 spiro atoms. The molecular weight excluding hydrogens is 635 g/mol. The third-order valence-electron chi connectivity index (χ3n) is 8.03. The number of halogens is 4. The minimum Gasteiger partial charge on any atom is -0.435 e. The van der Waals surface area contributed by atoms with Gasteiger partial charge >= 0.3 is 6.61 Å². The van der Waals surface area contributed by atoms with Gasteiger partial charge < -0.3 is 29.7 Å². The fourth-order valence-electron chi connectivity index (χ4n) is 5.71. The summed E-state index contributed by atoms with van der Waals surface area (Å²) in [7, 11) is 0. The van der Waals surface area contributed by atoms with E-state index < -0.39 is 18.3 Å². The highest BCUT2D eigenvalue weighted by Crippen LogP contribution is 2.39. The first-order valence-corrected chi connectivity index (χ1v) is 15.4. The second-order valence-corrected chi connectivity index (χ2v) is 11.4. The zero-order valence-corrected chi connectivity index (χ0v) is 25.9. The predicted molar refractivity (Wildman–Crippen MR) is 170 cm³/mol. The number of carbonyl (C=O) groups is 1. The second kappa shape index (κ2) is 14.6. The lowest BCUT2D eigenvalue weighted by Gasteiger charge is -2.33. The highest BCUT2D eigenvalue weighted by Gasteiger charge is 2.32. The quantitative estimate of drug-likeness (QED) is 0.306. The summed E-state index contributed by atoms with van der Waals surface area (Å²) in [6.45, 7) is 0.550. The van der Waals surface area contributed by atoms with Crippen molar-refractivity contribution in [3.8, 4) is 11.8 Å². The molecule has 0 aromatic heterocycles. The minimum atomic E-state index is -3.01. The molecule has 0 saturated carbocycles. The van der Waals surface area contributed by atoms with Crippen LogP contribution in [0.2, 0.25) is 5.02 Å². The average molecular weight is 666 g/mol. The summed E-state index contributed by atoms with van der Waals surface area (Å²) in [6, 6.07) is 17.5. The summed E-state index contributed by atoms with van der Waals surface area (Å²) in [5, 5.41) is 16.4. The predicted octanol–water partition coefficient (Wildman–Crippen LogP) is 5.92. The average Bonchev–Trinajstić information content (AvgIpc) is 3.10. The normalized spacial score (nSPS) is 19.9. The van der Waals surface area contributed by atoms with Gasteiger partial charge in [-0.1, -0.05) is 23.7 Å². The van der Waals surface area contributed by atoms with Crippen molar-refractivity contribution >= 4 is 34.6 Å². The number of rotatable bonds is 8. The molecule has 244 valence electrons. The maximum Gasteiger partial charge on any atom is 0.387 e. The van der Waals surface area contributed by atoms with E-state index in [1.54, 1.807) is 29.2 Å². The molecule has 3 aliphatic rings. The molecule has 47 heavy (non-hydrogen) atoms. The monoisotopic (exact) mass is 665 g/mol. The number of nitrogens with zero attached hydrogens (tertiary/aromatic N) is 3. The lowest BCUT2D eigenvalue weighted by molar-refractivity contribution is -0.114. The maximum absolute atomic E-state index is 16.2. The summed E-state index contributed by atoms with van der Waals surface area (Å²) in [6.07, 6.45) is 2.38. The summed E-state index contributed by atoms with van der Waals surface area (Å²) >= 11 is 6.86. The van der Waals surface area contributed by atoms with E-state index in [1.165, 1.54) is 53.5 Å². The molecule has 9 nitrogen and oxygen atoms in total. The number of morpholine rings is 2. The number of allylic oxidation sites excluding steroid dienone is 2. The van der Waals surface area contributed by atoms with Crippen molar-refractivity contribution in [2.75, 3.05) is 55.7 Å². The first-order valence-electron chi connectivity index (χ1n) is 15.0. The van der Waals surface area contributed by atoms with Gasteiger partial charge in [-0.25, -0.2) is 4.39 Å². The van der Waals surface area contributed by atoms with E-state index in [-0.39, 0.29) is 46.6 Å². The van der Waals surface area contributed by atoms with Crippen LogP contribution in [-0.4, -0.2) is 58.5 Å². The fraction of sp³-hybridized carbons (Fsp3) is 0.294. The highest BCUT2D eigenvalue weighted by atomic mass is 35.5. The van der Waals surface area contributed by atoms with Crippen molar-refractivity contribution in [3.05, 3.63) is 106 Å². The highest BCUT2D eigenvalue weighted by molar-refractivity contribution is 6.34. The third kappa shape index (κ3) is 7.30. The van der Waals surface area contributed by atoms with Gasteiger partial charge in [0.1, 0.15) is 17.3 Å². The van der Waals surface area contributed by atoms with Gasteiger partial charge in [0.25, 0.3) is 5.91 Å². The number of carbonyl (C=O) groups excluding carboxylic acids is 1. The van der Waals surface area contributed by atoms with E-state index in [0.717, 1.165) is 12.1 Å². The molecule has 2 N–H and O–H groups in total. The van der Waals surface area contributed by atoms with Crippen LogP contribution in [0.3, 0.4) is 0 Å². The molecule has 3 aliphatic heterocycles. The standard InChI is InChI=1S/C34H31ClF3N5O4/c35-26-15-22(31-18-40-11-13-45-31)2-9-28(26)43(29-10-3-23(16-27(29)36)32-19-41-12-14-46-32)33(44)30-8-1-21(17-39)20-42(30)24-4-6-25(7-5-24)47-34(37)38/h1-10,15-16,31-32,34,40-41H,11-14,18-20H2/t31-,32+/m1/s1. The Morgan fingerprint density at radius 1 is 0.957 bits per heavy atom. The second-order valence-electron chi connectivity index (χ2n) is 11.0. The van der Waals surface area contributed by atoms with Gasteiger partial charge in [0, 0.05) is 37.4 Å². The van der Waals surface area contributed by atoms with Crippen LogP contribution in [0, 0.1) is 17.1 Å². The van der Waals surface area contributed by atoms with Gasteiger partial charge in [-0.3, -0.25) is 9.69 Å². The molecule has 3 heterocycles. The molecule has 2 fully saturated rings. The van der Waals surface area contributed by atoms with Crippen molar-refractivity contribution in [1.29, 1.82) is 5.26 Å². The van der Waals surface area contributed by atoms with Crippen molar-refractivity contribution in [1.82, 2.24) is 10.6 Å². The summed E-state index contributed by atoms with van der Waals surface area (Å²) in [5.74, 6) is -1.38. The Kier molecular flexibility index (Phi) is 10.1. The lowest BCUT2D eigenvalue weighted by Crippen LogP contribution is -2.39. The van der Waals surface area contributed by atoms with Crippen molar-refractivity contribution < 1.29 is 32.2 Å². The van der Waals surface area contributed by atoms with Gasteiger partial charge in [-0.05, 0) is 71.8 Å². The molecule has 1 amide bonds. The Hall–Kier alpha value is -4.38. The van der Waals surface area contributed by atoms with Gasteiger partial charge in [0.15, 0.2) is 0 Å². The Labute approximate surface area is 274 Å². The van der Waals surface area contributed by atoms with E-state index in [1.807, 2.05) is 0 Å². The first kappa shape index (κ1) is 32.6. The van der Waals surface area contributed by atoms with E-state index in [0.29, 0.717) is 49.7 Å². The number of anilines is 3. The van der Waals surface area contributed by atoms with Gasteiger partial charge in [0.2, 0.25) is 0 Å².